The highest BCUT2D eigenvalue weighted by atomic mass is 16.2. The molecule has 2 heteroatoms. The van der Waals surface area contributed by atoms with Gasteiger partial charge >= 0.3 is 0 Å². The summed E-state index contributed by atoms with van der Waals surface area (Å²) in [5, 5.41) is 3.22. The van der Waals surface area contributed by atoms with Crippen molar-refractivity contribution in [1.29, 1.82) is 0 Å². The topological polar surface area (TPSA) is 29.1 Å². The number of carbonyl (C=O) groups excluding carboxylic acids is 1. The lowest BCUT2D eigenvalue weighted by Crippen LogP contribution is -2.44. The van der Waals surface area contributed by atoms with Crippen molar-refractivity contribution in [2.45, 2.75) is 44.4 Å². The van der Waals surface area contributed by atoms with E-state index in [4.69, 9.17) is 0 Å². The predicted octanol–water partition coefficient (Wildman–Crippen LogP) is 5.89. The highest BCUT2D eigenvalue weighted by Gasteiger charge is 2.48. The lowest BCUT2D eigenvalue weighted by atomic mass is 9.73. The molecule has 29 heavy (non-hydrogen) atoms. The van der Waals surface area contributed by atoms with Crippen LogP contribution >= 0.6 is 0 Å². The van der Waals surface area contributed by atoms with Crippen LogP contribution < -0.4 is 5.32 Å². The molecule has 1 aliphatic rings. The Hall–Kier alpha value is -2.87. The number of rotatable bonds is 8. The van der Waals surface area contributed by atoms with Gasteiger partial charge in [-0.1, -0.05) is 92.2 Å². The molecular weight excluding hydrogens is 354 g/mol. The third-order valence-corrected chi connectivity index (χ3v) is 6.10. The van der Waals surface area contributed by atoms with Gasteiger partial charge in [-0.15, -0.1) is 0 Å². The number of unbranched alkanes of at least 4 members (excludes halogenated alkanes) is 1. The van der Waals surface area contributed by atoms with Crippen molar-refractivity contribution < 1.29 is 4.79 Å². The van der Waals surface area contributed by atoms with E-state index in [0.29, 0.717) is 0 Å². The Balaban J connectivity index is 1.65. The zero-order valence-electron chi connectivity index (χ0n) is 17.2. The fourth-order valence-corrected chi connectivity index (χ4v) is 4.71. The third kappa shape index (κ3) is 3.60. The second-order valence-corrected chi connectivity index (χ2v) is 7.95. The summed E-state index contributed by atoms with van der Waals surface area (Å²) in [6.07, 6.45) is 4.92. The van der Waals surface area contributed by atoms with E-state index in [-0.39, 0.29) is 5.91 Å². The quantitative estimate of drug-likeness (QED) is 0.483. The molecule has 0 saturated heterocycles. The molecule has 0 heterocycles. The molecule has 1 N–H and O–H groups in total. The first-order chi connectivity index (χ1) is 14.3. The van der Waals surface area contributed by atoms with Gasteiger partial charge in [0.05, 0.1) is 0 Å². The van der Waals surface area contributed by atoms with Crippen LogP contribution in [0.2, 0.25) is 0 Å². The Labute approximate surface area is 174 Å². The van der Waals surface area contributed by atoms with Crippen molar-refractivity contribution in [2.75, 3.05) is 6.54 Å². The molecule has 3 aromatic rings. The smallest absolute Gasteiger partial charge is 0.235 e. The van der Waals surface area contributed by atoms with E-state index in [2.05, 4.69) is 91.1 Å². The number of hydrogen-bond donors (Lipinski definition) is 1. The van der Waals surface area contributed by atoms with E-state index < -0.39 is 5.41 Å². The van der Waals surface area contributed by atoms with Gasteiger partial charge in [0.1, 0.15) is 5.41 Å². The largest absolute Gasteiger partial charge is 0.355 e. The number of aryl methyl sites for hydroxylation is 1. The Morgan fingerprint density at radius 2 is 1.38 bits per heavy atom. The van der Waals surface area contributed by atoms with E-state index in [0.717, 1.165) is 49.8 Å². The minimum Gasteiger partial charge on any atom is -0.355 e. The second-order valence-electron chi connectivity index (χ2n) is 7.95. The second kappa shape index (κ2) is 8.65. The van der Waals surface area contributed by atoms with Crippen molar-refractivity contribution in [3.8, 4) is 11.1 Å². The number of hydrogen-bond acceptors (Lipinski definition) is 1. The molecule has 2 nitrogen and oxygen atoms in total. The van der Waals surface area contributed by atoms with Gasteiger partial charge in [0, 0.05) is 6.54 Å². The molecular formula is C27H29NO. The van der Waals surface area contributed by atoms with Gasteiger partial charge in [-0.05, 0) is 53.5 Å². The summed E-state index contributed by atoms with van der Waals surface area (Å²) in [5.41, 5.74) is 5.52. The van der Waals surface area contributed by atoms with Crippen molar-refractivity contribution in [2.24, 2.45) is 0 Å². The molecule has 0 unspecified atom stereocenters. The molecule has 0 atom stereocenters. The van der Waals surface area contributed by atoms with Crippen LogP contribution in [-0.4, -0.2) is 12.5 Å². The van der Waals surface area contributed by atoms with Crippen molar-refractivity contribution >= 4 is 5.91 Å². The van der Waals surface area contributed by atoms with Crippen LogP contribution in [0.25, 0.3) is 11.1 Å². The van der Waals surface area contributed by atoms with E-state index in [1.807, 2.05) is 0 Å². The Bertz CT molecular complexity index is 931. The maximum absolute atomic E-state index is 13.6. The SMILES string of the molecule is CCCNC(=O)C1(CCCCc2ccccc2)c2ccccc2-c2ccccc21. The molecule has 0 aliphatic heterocycles. The highest BCUT2D eigenvalue weighted by molar-refractivity contribution is 6.00. The number of fused-ring (bicyclic) bond motifs is 3. The first kappa shape index (κ1) is 19.4. The van der Waals surface area contributed by atoms with Crippen LogP contribution in [0.5, 0.6) is 0 Å². The molecule has 3 aromatic carbocycles. The fourth-order valence-electron chi connectivity index (χ4n) is 4.71. The Morgan fingerprint density at radius 3 is 2.00 bits per heavy atom. The normalized spacial score (nSPS) is 13.6. The molecule has 0 aromatic heterocycles. The zero-order chi connectivity index (χ0) is 20.1. The summed E-state index contributed by atoms with van der Waals surface area (Å²) < 4.78 is 0. The maximum Gasteiger partial charge on any atom is 0.235 e. The van der Waals surface area contributed by atoms with Gasteiger partial charge in [0.2, 0.25) is 5.91 Å². The van der Waals surface area contributed by atoms with Crippen LogP contribution in [0.4, 0.5) is 0 Å². The monoisotopic (exact) mass is 383 g/mol. The van der Waals surface area contributed by atoms with E-state index >= 15 is 0 Å². The van der Waals surface area contributed by atoms with E-state index in [1.54, 1.807) is 0 Å². The van der Waals surface area contributed by atoms with Crippen molar-refractivity contribution in [3.63, 3.8) is 0 Å². The lowest BCUT2D eigenvalue weighted by molar-refractivity contribution is -0.125. The zero-order valence-corrected chi connectivity index (χ0v) is 17.2. The molecule has 148 valence electrons. The molecule has 0 radical (unpaired) electrons. The standard InChI is InChI=1S/C27H29NO/c1-2-20-28-26(29)27(19-11-10-14-21-12-4-3-5-13-21)24-17-8-6-15-22(24)23-16-7-9-18-25(23)27/h3-9,12-13,15-18H,2,10-11,14,19-20H2,1H3,(H,28,29). The summed E-state index contributed by atoms with van der Waals surface area (Å²) in [6.45, 7) is 2.82. The van der Waals surface area contributed by atoms with Crippen LogP contribution in [0.1, 0.15) is 49.3 Å². The van der Waals surface area contributed by atoms with Crippen LogP contribution in [0, 0.1) is 0 Å². The molecule has 0 spiro atoms. The number of carbonyl (C=O) groups is 1. The third-order valence-electron chi connectivity index (χ3n) is 6.10. The minimum atomic E-state index is -0.584. The average molecular weight is 384 g/mol. The maximum atomic E-state index is 13.6. The summed E-state index contributed by atoms with van der Waals surface area (Å²) in [7, 11) is 0. The molecule has 1 amide bonds. The number of benzene rings is 3. The first-order valence-electron chi connectivity index (χ1n) is 10.8. The molecule has 1 aliphatic carbocycles. The van der Waals surface area contributed by atoms with Crippen molar-refractivity contribution in [1.82, 2.24) is 5.32 Å². The summed E-state index contributed by atoms with van der Waals surface area (Å²) in [4.78, 5) is 13.6. The Morgan fingerprint density at radius 1 is 0.793 bits per heavy atom. The van der Waals surface area contributed by atoms with Gasteiger partial charge in [-0.25, -0.2) is 0 Å². The first-order valence-corrected chi connectivity index (χ1v) is 10.8. The van der Waals surface area contributed by atoms with Crippen LogP contribution in [0.3, 0.4) is 0 Å². The molecule has 0 bridgehead atoms. The van der Waals surface area contributed by atoms with Crippen LogP contribution in [0.15, 0.2) is 78.9 Å². The average Bonchev–Trinajstić information content (AvgIpc) is 3.07. The number of amides is 1. The van der Waals surface area contributed by atoms with Gasteiger partial charge < -0.3 is 5.32 Å². The summed E-state index contributed by atoms with van der Waals surface area (Å²) in [5.74, 6) is 0.150. The lowest BCUT2D eigenvalue weighted by Gasteiger charge is -2.31. The van der Waals surface area contributed by atoms with Gasteiger partial charge in [0.25, 0.3) is 0 Å². The van der Waals surface area contributed by atoms with E-state index in [9.17, 15) is 4.79 Å². The minimum absolute atomic E-state index is 0.150. The summed E-state index contributed by atoms with van der Waals surface area (Å²) in [6, 6.07) is 27.5. The predicted molar refractivity (Wildman–Crippen MR) is 120 cm³/mol. The molecule has 4 rings (SSSR count). The Kier molecular flexibility index (Phi) is 5.80. The van der Waals surface area contributed by atoms with Gasteiger partial charge in [0.15, 0.2) is 0 Å². The van der Waals surface area contributed by atoms with Crippen LogP contribution in [-0.2, 0) is 16.6 Å². The van der Waals surface area contributed by atoms with Gasteiger partial charge in [-0.2, -0.15) is 0 Å². The van der Waals surface area contributed by atoms with Crippen molar-refractivity contribution in [3.05, 3.63) is 95.6 Å². The van der Waals surface area contributed by atoms with Gasteiger partial charge in [-0.3, -0.25) is 4.79 Å². The highest BCUT2D eigenvalue weighted by Crippen LogP contribution is 2.51. The van der Waals surface area contributed by atoms with E-state index in [1.165, 1.54) is 16.7 Å². The molecule has 0 saturated carbocycles. The fraction of sp³-hybridized carbons (Fsp3) is 0.296. The summed E-state index contributed by atoms with van der Waals surface area (Å²) >= 11 is 0. The molecule has 0 fully saturated rings. The number of nitrogens with one attached hydrogen (secondary N) is 1.